The third-order valence-corrected chi connectivity index (χ3v) is 4.07. The van der Waals surface area contributed by atoms with E-state index in [1.165, 1.54) is 0 Å². The number of hydrogen-bond acceptors (Lipinski definition) is 2. The zero-order valence-electron chi connectivity index (χ0n) is 9.66. The maximum absolute atomic E-state index is 12.5. The molecule has 2 fully saturated rings. The van der Waals surface area contributed by atoms with E-state index in [1.807, 2.05) is 0 Å². The topological polar surface area (TPSA) is 57.6 Å². The van der Waals surface area contributed by atoms with Crippen molar-refractivity contribution in [3.05, 3.63) is 0 Å². The minimum atomic E-state index is -4.93. The Bertz CT molecular complexity index is 382. The molecule has 2 aliphatic rings. The summed E-state index contributed by atoms with van der Waals surface area (Å²) in [4.78, 5) is 23.4. The van der Waals surface area contributed by atoms with Crippen molar-refractivity contribution < 1.29 is 27.9 Å². The van der Waals surface area contributed by atoms with Gasteiger partial charge in [-0.3, -0.25) is 9.59 Å². The van der Waals surface area contributed by atoms with E-state index in [0.717, 1.165) is 4.90 Å². The van der Waals surface area contributed by atoms with E-state index in [9.17, 15) is 27.9 Å². The maximum atomic E-state index is 12.5. The highest BCUT2D eigenvalue weighted by atomic mass is 19.4. The van der Waals surface area contributed by atoms with Gasteiger partial charge >= 0.3 is 18.1 Å². The molecule has 1 aliphatic carbocycles. The molecule has 7 heteroatoms. The molecule has 0 aromatic carbocycles. The monoisotopic (exact) mass is 265 g/mol. The van der Waals surface area contributed by atoms with Crippen LogP contribution in [-0.4, -0.2) is 40.6 Å². The predicted molar refractivity (Wildman–Crippen MR) is 54.7 cm³/mol. The summed E-state index contributed by atoms with van der Waals surface area (Å²) in [6.07, 6.45) is -3.01. The van der Waals surface area contributed by atoms with Crippen molar-refractivity contribution in [2.75, 3.05) is 6.54 Å². The van der Waals surface area contributed by atoms with Gasteiger partial charge in [-0.25, -0.2) is 0 Å². The van der Waals surface area contributed by atoms with E-state index >= 15 is 0 Å². The standard InChI is InChI=1S/C11H14F3NO3/c12-11(13,14)8(16)15-6-2-5-10(9(17)18)4-1-3-7(10)15/h7H,1-6H2,(H,17,18)/t7-,10+/m1/s1. The fourth-order valence-corrected chi connectivity index (χ4v) is 3.28. The minimum Gasteiger partial charge on any atom is -0.481 e. The van der Waals surface area contributed by atoms with Crippen molar-refractivity contribution in [2.45, 2.75) is 44.3 Å². The summed E-state index contributed by atoms with van der Waals surface area (Å²) in [6, 6.07) is -0.808. The predicted octanol–water partition coefficient (Wildman–Crippen LogP) is 1.79. The molecule has 2 atom stereocenters. The van der Waals surface area contributed by atoms with Gasteiger partial charge in [0.2, 0.25) is 0 Å². The number of amides is 1. The summed E-state index contributed by atoms with van der Waals surface area (Å²) in [5.74, 6) is -2.98. The van der Waals surface area contributed by atoms with Crippen LogP contribution in [0.4, 0.5) is 13.2 Å². The fraction of sp³-hybridized carbons (Fsp3) is 0.818. The molecule has 0 bridgehead atoms. The summed E-state index contributed by atoms with van der Waals surface area (Å²) < 4.78 is 37.4. The van der Waals surface area contributed by atoms with Gasteiger partial charge in [0, 0.05) is 12.6 Å². The highest BCUT2D eigenvalue weighted by molar-refractivity contribution is 5.84. The number of carbonyl (C=O) groups excluding carboxylic acids is 1. The quantitative estimate of drug-likeness (QED) is 0.786. The Kier molecular flexibility index (Phi) is 3.03. The molecule has 0 unspecified atom stereocenters. The summed E-state index contributed by atoms with van der Waals surface area (Å²) in [5, 5.41) is 9.28. The lowest BCUT2D eigenvalue weighted by Crippen LogP contribution is -2.57. The first-order valence-corrected chi connectivity index (χ1v) is 5.90. The van der Waals surface area contributed by atoms with Gasteiger partial charge in [0.25, 0.3) is 0 Å². The molecule has 1 heterocycles. The Morgan fingerprint density at radius 1 is 1.22 bits per heavy atom. The van der Waals surface area contributed by atoms with Crippen LogP contribution in [0, 0.1) is 5.41 Å². The van der Waals surface area contributed by atoms with Gasteiger partial charge in [-0.15, -0.1) is 0 Å². The highest BCUT2D eigenvalue weighted by Crippen LogP contribution is 2.48. The van der Waals surface area contributed by atoms with Crippen LogP contribution in [-0.2, 0) is 9.59 Å². The van der Waals surface area contributed by atoms with Gasteiger partial charge in [-0.05, 0) is 25.7 Å². The smallest absolute Gasteiger partial charge is 0.471 e. The molecular formula is C11H14F3NO3. The zero-order chi connectivity index (χ0) is 13.6. The molecule has 0 aromatic heterocycles. The highest BCUT2D eigenvalue weighted by Gasteiger charge is 2.57. The average Bonchev–Trinajstić information content (AvgIpc) is 2.71. The Labute approximate surface area is 102 Å². The molecule has 1 saturated carbocycles. The van der Waals surface area contributed by atoms with Crippen molar-refractivity contribution >= 4 is 11.9 Å². The van der Waals surface area contributed by atoms with Gasteiger partial charge in [-0.1, -0.05) is 6.42 Å². The van der Waals surface area contributed by atoms with Crippen LogP contribution < -0.4 is 0 Å². The molecule has 1 N–H and O–H groups in total. The third kappa shape index (κ3) is 1.85. The molecule has 0 radical (unpaired) electrons. The van der Waals surface area contributed by atoms with Crippen molar-refractivity contribution in [1.29, 1.82) is 0 Å². The first-order valence-electron chi connectivity index (χ1n) is 5.90. The first kappa shape index (κ1) is 13.2. The molecule has 1 aliphatic heterocycles. The molecule has 1 saturated heterocycles. The summed E-state index contributed by atoms with van der Waals surface area (Å²) in [5.41, 5.74) is -1.17. The number of alkyl halides is 3. The molecule has 0 spiro atoms. The number of nitrogens with zero attached hydrogens (tertiary/aromatic N) is 1. The Balaban J connectivity index is 2.29. The van der Waals surface area contributed by atoms with E-state index in [4.69, 9.17) is 0 Å². The Hall–Kier alpha value is -1.27. The van der Waals surface area contributed by atoms with E-state index in [0.29, 0.717) is 32.1 Å². The summed E-state index contributed by atoms with van der Waals surface area (Å²) >= 11 is 0. The van der Waals surface area contributed by atoms with Gasteiger partial charge in [0.05, 0.1) is 5.41 Å². The third-order valence-electron chi connectivity index (χ3n) is 4.07. The van der Waals surface area contributed by atoms with Crippen LogP contribution in [0.2, 0.25) is 0 Å². The Morgan fingerprint density at radius 3 is 2.39 bits per heavy atom. The summed E-state index contributed by atoms with van der Waals surface area (Å²) in [7, 11) is 0. The van der Waals surface area contributed by atoms with Gasteiger partial charge < -0.3 is 10.0 Å². The largest absolute Gasteiger partial charge is 0.481 e. The van der Waals surface area contributed by atoms with Crippen LogP contribution >= 0.6 is 0 Å². The number of halogens is 3. The molecule has 0 aromatic rings. The molecule has 2 rings (SSSR count). The van der Waals surface area contributed by atoms with Crippen LogP contribution in [0.3, 0.4) is 0 Å². The Morgan fingerprint density at radius 2 is 1.83 bits per heavy atom. The number of carboxylic acids is 1. The lowest BCUT2D eigenvalue weighted by Gasteiger charge is -2.43. The van der Waals surface area contributed by atoms with E-state index in [1.54, 1.807) is 0 Å². The normalized spacial score (nSPS) is 32.2. The van der Waals surface area contributed by atoms with Crippen molar-refractivity contribution in [2.24, 2.45) is 5.41 Å². The molecule has 4 nitrogen and oxygen atoms in total. The number of carbonyl (C=O) groups is 2. The molecule has 18 heavy (non-hydrogen) atoms. The molecule has 102 valence electrons. The number of carboxylic acid groups (broad SMARTS) is 1. The number of hydrogen-bond donors (Lipinski definition) is 1. The van der Waals surface area contributed by atoms with Gasteiger partial charge in [0.1, 0.15) is 0 Å². The van der Waals surface area contributed by atoms with Gasteiger partial charge in [0.15, 0.2) is 0 Å². The van der Waals surface area contributed by atoms with E-state index < -0.39 is 29.5 Å². The first-order chi connectivity index (χ1) is 8.29. The van der Waals surface area contributed by atoms with Crippen LogP contribution in [0.1, 0.15) is 32.1 Å². The number of piperidine rings is 1. The minimum absolute atomic E-state index is 0.00194. The number of fused-ring (bicyclic) bond motifs is 1. The SMILES string of the molecule is O=C(N1CCC[C@@]2(C(=O)O)CCC[C@@H]12)C(F)(F)F. The number of aliphatic carboxylic acids is 1. The number of rotatable bonds is 1. The second-order valence-corrected chi connectivity index (χ2v) is 4.97. The van der Waals surface area contributed by atoms with Crippen LogP contribution in [0.25, 0.3) is 0 Å². The van der Waals surface area contributed by atoms with E-state index in [-0.39, 0.29) is 6.54 Å². The lowest BCUT2D eigenvalue weighted by atomic mass is 9.75. The zero-order valence-corrected chi connectivity index (χ0v) is 9.66. The van der Waals surface area contributed by atoms with Gasteiger partial charge in [-0.2, -0.15) is 13.2 Å². The average molecular weight is 265 g/mol. The van der Waals surface area contributed by atoms with Crippen molar-refractivity contribution in [3.63, 3.8) is 0 Å². The summed E-state index contributed by atoms with van der Waals surface area (Å²) in [6.45, 7) is -0.00194. The number of likely N-dealkylation sites (tertiary alicyclic amines) is 1. The van der Waals surface area contributed by atoms with E-state index in [2.05, 4.69) is 0 Å². The maximum Gasteiger partial charge on any atom is 0.471 e. The van der Waals surface area contributed by atoms with Crippen LogP contribution in [0.15, 0.2) is 0 Å². The lowest BCUT2D eigenvalue weighted by molar-refractivity contribution is -0.193. The second kappa shape index (κ2) is 4.13. The fourth-order valence-electron chi connectivity index (χ4n) is 3.28. The molecule has 1 amide bonds. The van der Waals surface area contributed by atoms with Crippen LogP contribution in [0.5, 0.6) is 0 Å². The van der Waals surface area contributed by atoms with Crippen molar-refractivity contribution in [3.8, 4) is 0 Å². The van der Waals surface area contributed by atoms with Crippen molar-refractivity contribution in [1.82, 2.24) is 4.90 Å². The molecular weight excluding hydrogens is 251 g/mol. The second-order valence-electron chi connectivity index (χ2n) is 4.97.